The van der Waals surface area contributed by atoms with Crippen LogP contribution in [-0.4, -0.2) is 72.1 Å². The molecule has 0 radical (unpaired) electrons. The number of ketones is 1. The number of rotatable bonds is 8. The topological polar surface area (TPSA) is 161 Å². The van der Waals surface area contributed by atoms with E-state index >= 15 is 0 Å². The van der Waals surface area contributed by atoms with Crippen LogP contribution < -0.4 is 4.74 Å². The van der Waals surface area contributed by atoms with Crippen molar-refractivity contribution >= 4 is 29.7 Å². The van der Waals surface area contributed by atoms with E-state index in [2.05, 4.69) is 0 Å². The van der Waals surface area contributed by atoms with Crippen molar-refractivity contribution in [2.24, 2.45) is 0 Å². The molecule has 0 aromatic heterocycles. The maximum absolute atomic E-state index is 11.8. The minimum absolute atomic E-state index is 0.0170. The summed E-state index contributed by atoms with van der Waals surface area (Å²) in [6.07, 6.45) is -6.77. The Morgan fingerprint density at radius 3 is 1.88 bits per heavy atom. The molecule has 1 aliphatic rings. The van der Waals surface area contributed by atoms with Gasteiger partial charge in [0.05, 0.1) is 5.56 Å². The molecule has 1 heterocycles. The van der Waals surface area contributed by atoms with Crippen molar-refractivity contribution < 1.29 is 57.5 Å². The number of carbonyl (C=O) groups excluding carboxylic acids is 5. The van der Waals surface area contributed by atoms with Crippen molar-refractivity contribution in [3.8, 4) is 11.5 Å². The van der Waals surface area contributed by atoms with Crippen LogP contribution in [0.15, 0.2) is 18.2 Å². The lowest BCUT2D eigenvalue weighted by Gasteiger charge is -2.43. The molecule has 1 aromatic rings. The largest absolute Gasteiger partial charge is 0.507 e. The van der Waals surface area contributed by atoms with Gasteiger partial charge in [0.2, 0.25) is 12.4 Å². The lowest BCUT2D eigenvalue weighted by Crippen LogP contribution is -2.63. The van der Waals surface area contributed by atoms with Crippen molar-refractivity contribution in [1.82, 2.24) is 0 Å². The van der Waals surface area contributed by atoms with E-state index in [-0.39, 0.29) is 22.8 Å². The maximum atomic E-state index is 11.8. The molecule has 0 aliphatic carbocycles. The van der Waals surface area contributed by atoms with Gasteiger partial charge in [0.1, 0.15) is 24.2 Å². The Balaban J connectivity index is 2.47. The van der Waals surface area contributed by atoms with E-state index in [9.17, 15) is 29.1 Å². The first-order chi connectivity index (χ1) is 15.9. The van der Waals surface area contributed by atoms with E-state index in [1.54, 1.807) is 0 Å². The average Bonchev–Trinajstić information content (AvgIpc) is 2.69. The smallest absolute Gasteiger partial charge is 0.303 e. The fourth-order valence-corrected chi connectivity index (χ4v) is 3.30. The number of carbonyl (C=O) groups is 5. The molecule has 0 amide bonds. The molecule has 1 aliphatic heterocycles. The fourth-order valence-electron chi connectivity index (χ4n) is 3.30. The summed E-state index contributed by atoms with van der Waals surface area (Å²) in [5.41, 5.74) is 0.0499. The van der Waals surface area contributed by atoms with Crippen LogP contribution in [0, 0.1) is 0 Å². The first-order valence-corrected chi connectivity index (χ1v) is 10.2. The van der Waals surface area contributed by atoms with Crippen LogP contribution in [0.2, 0.25) is 0 Å². The summed E-state index contributed by atoms with van der Waals surface area (Å²) in [6, 6.07) is 3.83. The molecule has 12 heteroatoms. The molecule has 0 unspecified atom stereocenters. The Bertz CT molecular complexity index is 955. The van der Waals surface area contributed by atoms with Crippen molar-refractivity contribution in [3.63, 3.8) is 0 Å². The highest BCUT2D eigenvalue weighted by atomic mass is 16.7. The molecule has 1 fully saturated rings. The Hall–Kier alpha value is -3.67. The Kier molecular flexibility index (Phi) is 8.96. The molecule has 0 spiro atoms. The summed E-state index contributed by atoms with van der Waals surface area (Å²) in [5, 5.41) is 10.1. The molecule has 1 N–H and O–H groups in total. The van der Waals surface area contributed by atoms with E-state index in [4.69, 9.17) is 28.4 Å². The van der Waals surface area contributed by atoms with Gasteiger partial charge < -0.3 is 33.5 Å². The molecule has 34 heavy (non-hydrogen) atoms. The normalized spacial score (nSPS) is 23.9. The van der Waals surface area contributed by atoms with Crippen LogP contribution in [0.4, 0.5) is 0 Å². The second-order valence-electron chi connectivity index (χ2n) is 7.42. The summed E-state index contributed by atoms with van der Waals surface area (Å²) >= 11 is 0. The second-order valence-corrected chi connectivity index (χ2v) is 7.42. The molecule has 1 aromatic carbocycles. The monoisotopic (exact) mass is 482 g/mol. The molecule has 1 saturated heterocycles. The zero-order chi connectivity index (χ0) is 25.6. The molecule has 12 nitrogen and oxygen atoms in total. The van der Waals surface area contributed by atoms with Crippen LogP contribution in [-0.2, 0) is 42.9 Å². The molecular weight excluding hydrogens is 456 g/mol. The van der Waals surface area contributed by atoms with Crippen LogP contribution in [0.25, 0.3) is 0 Å². The van der Waals surface area contributed by atoms with E-state index in [1.807, 2.05) is 0 Å². The first kappa shape index (κ1) is 26.6. The minimum atomic E-state index is -1.46. The lowest BCUT2D eigenvalue weighted by molar-refractivity contribution is -0.288. The number of benzene rings is 1. The quantitative estimate of drug-likeness (QED) is 0.319. The van der Waals surface area contributed by atoms with Crippen molar-refractivity contribution in [2.45, 2.75) is 65.3 Å². The predicted octanol–water partition coefficient (Wildman–Crippen LogP) is 1.06. The van der Waals surface area contributed by atoms with Gasteiger partial charge in [0, 0.05) is 33.8 Å². The SMILES string of the molecule is CC(=O)OC[C@@H]1O[C@@H](Oc2ccc(C(C)=O)c(O)c2)[C@@H](OC(C)=O)[C@H](OC(C)=O)[C@@H]1OC(C)=O. The van der Waals surface area contributed by atoms with Crippen LogP contribution in [0.3, 0.4) is 0 Å². The molecular formula is C22H26O12. The van der Waals surface area contributed by atoms with Crippen molar-refractivity contribution in [2.75, 3.05) is 6.61 Å². The zero-order valence-electron chi connectivity index (χ0n) is 19.3. The predicted molar refractivity (Wildman–Crippen MR) is 111 cm³/mol. The zero-order valence-corrected chi connectivity index (χ0v) is 19.3. The number of phenols is 1. The number of hydrogen-bond donors (Lipinski definition) is 1. The molecule has 2 rings (SSSR count). The number of Topliss-reactive ketones (excluding diaryl/α,β-unsaturated/α-hetero) is 1. The third kappa shape index (κ3) is 7.17. The Morgan fingerprint density at radius 1 is 0.824 bits per heavy atom. The minimum Gasteiger partial charge on any atom is -0.507 e. The van der Waals surface area contributed by atoms with E-state index in [0.717, 1.165) is 33.8 Å². The number of aromatic hydroxyl groups is 1. The molecule has 186 valence electrons. The fraction of sp³-hybridized carbons (Fsp3) is 0.500. The Labute approximate surface area is 195 Å². The standard InChI is InChI=1S/C22H26O12/c1-10(23)16-7-6-15(8-17(16)28)33-22-21(32-14(5)27)20(31-13(4)26)19(30-12(3)25)18(34-22)9-29-11(2)24/h6-8,18-22,28H,9H2,1-5H3/t18-,19+,20+,21-,22+/m0/s1. The van der Waals surface area contributed by atoms with Crippen LogP contribution in [0.1, 0.15) is 45.0 Å². The summed E-state index contributed by atoms with van der Waals surface area (Å²) in [4.78, 5) is 58.3. The number of phenolic OH excluding ortho intramolecular Hbond substituents is 1. The number of hydrogen-bond acceptors (Lipinski definition) is 12. The van der Waals surface area contributed by atoms with Gasteiger partial charge in [0.25, 0.3) is 0 Å². The summed E-state index contributed by atoms with van der Waals surface area (Å²) < 4.78 is 32.4. The summed E-state index contributed by atoms with van der Waals surface area (Å²) in [6.45, 7) is 5.32. The second kappa shape index (κ2) is 11.5. The third-order valence-electron chi connectivity index (χ3n) is 4.55. The van der Waals surface area contributed by atoms with Crippen molar-refractivity contribution in [1.29, 1.82) is 0 Å². The van der Waals surface area contributed by atoms with Gasteiger partial charge in [-0.2, -0.15) is 0 Å². The summed E-state index contributed by atoms with van der Waals surface area (Å²) in [5.74, 6) is -3.71. The number of esters is 4. The van der Waals surface area contributed by atoms with Crippen molar-refractivity contribution in [3.05, 3.63) is 23.8 Å². The average molecular weight is 482 g/mol. The van der Waals surface area contributed by atoms with Gasteiger partial charge in [0.15, 0.2) is 18.0 Å². The van der Waals surface area contributed by atoms with Gasteiger partial charge in [-0.25, -0.2) is 0 Å². The molecule has 5 atom stereocenters. The third-order valence-corrected chi connectivity index (χ3v) is 4.55. The van der Waals surface area contributed by atoms with Gasteiger partial charge in [-0.3, -0.25) is 24.0 Å². The highest BCUT2D eigenvalue weighted by molar-refractivity contribution is 5.96. The highest BCUT2D eigenvalue weighted by Crippen LogP contribution is 2.32. The van der Waals surface area contributed by atoms with Crippen LogP contribution in [0.5, 0.6) is 11.5 Å². The summed E-state index contributed by atoms with van der Waals surface area (Å²) in [7, 11) is 0. The lowest BCUT2D eigenvalue weighted by atomic mass is 9.98. The number of ether oxygens (including phenoxy) is 6. The van der Waals surface area contributed by atoms with Gasteiger partial charge in [-0.1, -0.05) is 0 Å². The van der Waals surface area contributed by atoms with E-state index in [0.29, 0.717) is 0 Å². The highest BCUT2D eigenvalue weighted by Gasteiger charge is 2.53. The van der Waals surface area contributed by atoms with E-state index in [1.165, 1.54) is 19.1 Å². The first-order valence-electron chi connectivity index (χ1n) is 10.2. The molecule has 0 saturated carbocycles. The van der Waals surface area contributed by atoms with Crippen LogP contribution >= 0.6 is 0 Å². The van der Waals surface area contributed by atoms with E-state index < -0.39 is 61.2 Å². The van der Waals surface area contributed by atoms with Gasteiger partial charge in [-0.05, 0) is 19.1 Å². The maximum Gasteiger partial charge on any atom is 0.303 e. The molecule has 0 bridgehead atoms. The Morgan fingerprint density at radius 2 is 1.38 bits per heavy atom. The van der Waals surface area contributed by atoms with Gasteiger partial charge in [-0.15, -0.1) is 0 Å². The van der Waals surface area contributed by atoms with Gasteiger partial charge >= 0.3 is 23.9 Å².